The second-order valence-electron chi connectivity index (χ2n) is 23.4. The Hall–Kier alpha value is -3.15. The van der Waals surface area contributed by atoms with Crippen LogP contribution in [0.4, 0.5) is 0 Å². The summed E-state index contributed by atoms with van der Waals surface area (Å²) in [4.78, 5) is 38.5. The molecular formula is C74H132O6. The van der Waals surface area contributed by atoms with Crippen LogP contribution in [0.3, 0.4) is 0 Å². The lowest BCUT2D eigenvalue weighted by Crippen LogP contribution is -2.30. The van der Waals surface area contributed by atoms with Gasteiger partial charge in [0.1, 0.15) is 13.2 Å². The van der Waals surface area contributed by atoms with Crippen LogP contribution in [0.5, 0.6) is 0 Å². The number of carbonyl (C=O) groups excluding carboxylic acids is 3. The van der Waals surface area contributed by atoms with Crippen molar-refractivity contribution in [2.75, 3.05) is 13.2 Å². The Morgan fingerprint density at radius 1 is 0.263 bits per heavy atom. The lowest BCUT2D eigenvalue weighted by atomic mass is 10.0. The SMILES string of the molecule is CC/C=C\C/C=C\C/C=C\C/C=C\C/C=C\CCCCCCCCCCCCCC(=O)OCC(COC(=O)CCCCCCCCCCCCCCCCCC)OC(=O)CCCCCCCCCCC/C=C\CCCCCCCC. The number of hydrogen-bond donors (Lipinski definition) is 0. The summed E-state index contributed by atoms with van der Waals surface area (Å²) in [6, 6.07) is 0. The maximum absolute atomic E-state index is 13.0. The minimum atomic E-state index is -0.777. The van der Waals surface area contributed by atoms with E-state index in [2.05, 4.69) is 93.7 Å². The van der Waals surface area contributed by atoms with Crippen LogP contribution >= 0.6 is 0 Å². The molecule has 464 valence electrons. The second kappa shape index (κ2) is 68.3. The zero-order valence-electron chi connectivity index (χ0n) is 53.3. The van der Waals surface area contributed by atoms with Gasteiger partial charge in [-0.2, -0.15) is 0 Å². The van der Waals surface area contributed by atoms with E-state index in [0.717, 1.165) is 89.9 Å². The van der Waals surface area contributed by atoms with Gasteiger partial charge in [0, 0.05) is 19.3 Å². The largest absolute Gasteiger partial charge is 0.462 e. The van der Waals surface area contributed by atoms with Crippen molar-refractivity contribution in [2.24, 2.45) is 0 Å². The number of allylic oxidation sites excluding steroid dienone is 12. The first-order chi connectivity index (χ1) is 39.5. The maximum Gasteiger partial charge on any atom is 0.306 e. The van der Waals surface area contributed by atoms with E-state index in [9.17, 15) is 14.4 Å². The Balaban J connectivity index is 4.31. The van der Waals surface area contributed by atoms with Crippen LogP contribution in [0.2, 0.25) is 0 Å². The van der Waals surface area contributed by atoms with Gasteiger partial charge >= 0.3 is 17.9 Å². The van der Waals surface area contributed by atoms with E-state index in [4.69, 9.17) is 14.2 Å². The summed E-state index contributed by atoms with van der Waals surface area (Å²) in [5.74, 6) is -0.855. The van der Waals surface area contributed by atoms with Crippen molar-refractivity contribution in [1.29, 1.82) is 0 Å². The van der Waals surface area contributed by atoms with Gasteiger partial charge < -0.3 is 14.2 Å². The van der Waals surface area contributed by atoms with E-state index >= 15 is 0 Å². The molecule has 0 fully saturated rings. The Labute approximate surface area is 497 Å². The molecule has 0 saturated carbocycles. The molecule has 0 amide bonds. The van der Waals surface area contributed by atoms with Gasteiger partial charge in [0.2, 0.25) is 0 Å². The van der Waals surface area contributed by atoms with E-state index in [-0.39, 0.29) is 31.1 Å². The third-order valence-corrected chi connectivity index (χ3v) is 15.4. The van der Waals surface area contributed by atoms with Crippen LogP contribution in [0.15, 0.2) is 72.9 Å². The second-order valence-corrected chi connectivity index (χ2v) is 23.4. The third-order valence-electron chi connectivity index (χ3n) is 15.4. The van der Waals surface area contributed by atoms with Crippen LogP contribution in [0.25, 0.3) is 0 Å². The van der Waals surface area contributed by atoms with E-state index in [1.54, 1.807) is 0 Å². The Morgan fingerprint density at radius 3 is 0.775 bits per heavy atom. The molecule has 0 aromatic carbocycles. The van der Waals surface area contributed by atoms with Crippen LogP contribution in [-0.4, -0.2) is 37.2 Å². The molecule has 0 aromatic heterocycles. The van der Waals surface area contributed by atoms with Gasteiger partial charge in [-0.1, -0.05) is 325 Å². The fourth-order valence-electron chi connectivity index (χ4n) is 10.2. The molecule has 6 heteroatoms. The van der Waals surface area contributed by atoms with Crippen molar-refractivity contribution in [1.82, 2.24) is 0 Å². The Morgan fingerprint density at radius 2 is 0.487 bits per heavy atom. The molecule has 1 atom stereocenters. The van der Waals surface area contributed by atoms with Gasteiger partial charge in [-0.05, 0) is 89.9 Å². The van der Waals surface area contributed by atoms with E-state index in [1.807, 2.05) is 0 Å². The average Bonchev–Trinajstić information content (AvgIpc) is 3.46. The molecule has 0 heterocycles. The van der Waals surface area contributed by atoms with Crippen molar-refractivity contribution in [3.63, 3.8) is 0 Å². The zero-order chi connectivity index (χ0) is 57.8. The van der Waals surface area contributed by atoms with Gasteiger partial charge in [0.15, 0.2) is 6.10 Å². The molecule has 0 aromatic rings. The van der Waals surface area contributed by atoms with Gasteiger partial charge in [-0.25, -0.2) is 0 Å². The smallest absolute Gasteiger partial charge is 0.306 e. The van der Waals surface area contributed by atoms with Crippen molar-refractivity contribution >= 4 is 17.9 Å². The van der Waals surface area contributed by atoms with Crippen molar-refractivity contribution in [3.05, 3.63) is 72.9 Å². The molecular weight excluding hydrogens is 985 g/mol. The molecule has 1 unspecified atom stereocenters. The maximum atomic E-state index is 13.0. The molecule has 0 rings (SSSR count). The summed E-state index contributed by atoms with van der Waals surface area (Å²) in [5, 5.41) is 0. The highest BCUT2D eigenvalue weighted by Crippen LogP contribution is 2.18. The predicted molar refractivity (Wildman–Crippen MR) is 348 cm³/mol. The van der Waals surface area contributed by atoms with Crippen LogP contribution in [-0.2, 0) is 28.6 Å². The lowest BCUT2D eigenvalue weighted by molar-refractivity contribution is -0.167. The van der Waals surface area contributed by atoms with Crippen LogP contribution in [0, 0.1) is 0 Å². The quantitative estimate of drug-likeness (QED) is 0.0261. The topological polar surface area (TPSA) is 78.9 Å². The van der Waals surface area contributed by atoms with Gasteiger partial charge in [0.05, 0.1) is 0 Å². The van der Waals surface area contributed by atoms with E-state index in [0.29, 0.717) is 19.3 Å². The van der Waals surface area contributed by atoms with Crippen LogP contribution in [0.1, 0.15) is 361 Å². The minimum absolute atomic E-state index is 0.0721. The fourth-order valence-corrected chi connectivity index (χ4v) is 10.2. The molecule has 0 N–H and O–H groups in total. The molecule has 0 aliphatic rings. The van der Waals surface area contributed by atoms with Crippen molar-refractivity contribution in [2.45, 2.75) is 367 Å². The van der Waals surface area contributed by atoms with Gasteiger partial charge in [0.25, 0.3) is 0 Å². The standard InChI is InChI=1S/C74H132O6/c1-4-7-10-13-16-19-22-25-28-31-33-34-35-36-37-38-39-40-42-43-46-49-52-55-58-61-64-67-73(76)79-70-71(69-78-72(75)66-63-60-57-54-51-48-45-30-27-24-21-18-15-12-9-6-3)80-74(77)68-65-62-59-56-53-50-47-44-41-32-29-26-23-20-17-14-11-8-5-2/h7,10,16,19,25-26,28-29,33-34,36-37,71H,4-6,8-9,11-15,17-18,20-24,27,30-32,35,38-70H2,1-3H3/b10-7-,19-16-,28-25-,29-26-,34-33-,37-36-. The highest BCUT2D eigenvalue weighted by Gasteiger charge is 2.19. The van der Waals surface area contributed by atoms with E-state index < -0.39 is 6.10 Å². The summed E-state index contributed by atoms with van der Waals surface area (Å²) in [6.45, 7) is 6.58. The highest BCUT2D eigenvalue weighted by atomic mass is 16.6. The minimum Gasteiger partial charge on any atom is -0.462 e. The number of ether oxygens (including phenoxy) is 3. The number of rotatable bonds is 64. The molecule has 0 radical (unpaired) electrons. The molecule has 0 spiro atoms. The summed E-state index contributed by atoms with van der Waals surface area (Å²) in [5.41, 5.74) is 0. The fraction of sp³-hybridized carbons (Fsp3) is 0.797. The van der Waals surface area contributed by atoms with E-state index in [1.165, 1.54) is 231 Å². The average molecular weight is 1120 g/mol. The number of unbranched alkanes of at least 4 members (excludes halogenated alkanes) is 41. The Bertz CT molecular complexity index is 1470. The summed E-state index contributed by atoms with van der Waals surface area (Å²) in [6.07, 6.45) is 89.2. The number of carbonyl (C=O) groups is 3. The summed E-state index contributed by atoms with van der Waals surface area (Å²) in [7, 11) is 0. The summed E-state index contributed by atoms with van der Waals surface area (Å²) < 4.78 is 17.0. The predicted octanol–water partition coefficient (Wildman–Crippen LogP) is 24.1. The van der Waals surface area contributed by atoms with Crippen molar-refractivity contribution < 1.29 is 28.6 Å². The van der Waals surface area contributed by atoms with Gasteiger partial charge in [-0.3, -0.25) is 14.4 Å². The first-order valence-corrected chi connectivity index (χ1v) is 34.9. The molecule has 0 aliphatic heterocycles. The van der Waals surface area contributed by atoms with Crippen molar-refractivity contribution in [3.8, 4) is 0 Å². The molecule has 0 saturated heterocycles. The summed E-state index contributed by atoms with van der Waals surface area (Å²) >= 11 is 0. The Kier molecular flexibility index (Phi) is 65.7. The molecule has 0 aliphatic carbocycles. The van der Waals surface area contributed by atoms with Gasteiger partial charge in [-0.15, -0.1) is 0 Å². The highest BCUT2D eigenvalue weighted by molar-refractivity contribution is 5.71. The molecule has 80 heavy (non-hydrogen) atoms. The number of esters is 3. The number of hydrogen-bond acceptors (Lipinski definition) is 6. The molecule has 6 nitrogen and oxygen atoms in total. The first kappa shape index (κ1) is 76.9. The zero-order valence-corrected chi connectivity index (χ0v) is 53.3. The third kappa shape index (κ3) is 65.7. The first-order valence-electron chi connectivity index (χ1n) is 34.9. The molecule has 0 bridgehead atoms. The lowest BCUT2D eigenvalue weighted by Gasteiger charge is -2.18. The monoisotopic (exact) mass is 1120 g/mol. The van der Waals surface area contributed by atoms with Crippen LogP contribution < -0.4 is 0 Å². The normalized spacial score (nSPS) is 12.5.